The minimum atomic E-state index is -0.717. The molecule has 0 saturated carbocycles. The van der Waals surface area contributed by atoms with E-state index in [1.54, 1.807) is 6.92 Å². The predicted octanol–water partition coefficient (Wildman–Crippen LogP) is 0.430. The van der Waals surface area contributed by atoms with Crippen LogP contribution in [0.4, 0.5) is 4.79 Å². The van der Waals surface area contributed by atoms with Gasteiger partial charge in [-0.1, -0.05) is 0 Å². The highest BCUT2D eigenvalue weighted by molar-refractivity contribution is 6.21. The molecular formula is C9H11N3O2. The molecule has 0 aromatic rings. The summed E-state index contributed by atoms with van der Waals surface area (Å²) < 4.78 is 0. The molecule has 5 nitrogen and oxygen atoms in total. The monoisotopic (exact) mass is 193 g/mol. The lowest BCUT2D eigenvalue weighted by Gasteiger charge is -2.19. The predicted molar refractivity (Wildman–Crippen MR) is 51.9 cm³/mol. The Morgan fingerprint density at radius 2 is 2.07 bits per heavy atom. The molecule has 5 heteroatoms. The molecular weight excluding hydrogens is 182 g/mol. The molecule has 0 aromatic carbocycles. The number of amides is 2. The van der Waals surface area contributed by atoms with Crippen LogP contribution in [-0.2, 0) is 4.79 Å². The number of hydrogen-bond donors (Lipinski definition) is 2. The summed E-state index contributed by atoms with van der Waals surface area (Å²) in [6.45, 7) is 1.66. The van der Waals surface area contributed by atoms with E-state index in [-0.39, 0.29) is 17.2 Å². The second kappa shape index (κ2) is 3.45. The Balaban J connectivity index is 3.03. The number of nitrogens with zero attached hydrogens (tertiary/aromatic N) is 1. The zero-order chi connectivity index (χ0) is 10.9. The fourth-order valence-corrected chi connectivity index (χ4v) is 1.05. The second-order valence-electron chi connectivity index (χ2n) is 3.03. The number of likely N-dealkylation sites (N-methyl/N-ethyl adjacent to an activating group) is 1. The van der Waals surface area contributed by atoms with Crippen LogP contribution >= 0.6 is 0 Å². The first-order valence-corrected chi connectivity index (χ1v) is 4.00. The highest BCUT2D eigenvalue weighted by Crippen LogP contribution is 2.13. The van der Waals surface area contributed by atoms with Crippen molar-refractivity contribution in [2.75, 3.05) is 7.05 Å². The first-order valence-electron chi connectivity index (χ1n) is 4.00. The van der Waals surface area contributed by atoms with E-state index in [4.69, 9.17) is 11.1 Å². The van der Waals surface area contributed by atoms with Crippen LogP contribution in [0.3, 0.4) is 0 Å². The van der Waals surface area contributed by atoms with Gasteiger partial charge >= 0.3 is 6.03 Å². The third-order valence-corrected chi connectivity index (χ3v) is 2.00. The third kappa shape index (κ3) is 1.71. The van der Waals surface area contributed by atoms with Crippen molar-refractivity contribution in [3.05, 3.63) is 23.4 Å². The molecule has 0 spiro atoms. The number of carbonyl (C=O) groups is 2. The summed E-state index contributed by atoms with van der Waals surface area (Å²) in [7, 11) is 1.40. The molecule has 0 aliphatic heterocycles. The standard InChI is InChI=1S/C9H11N3O2/c1-5-3-8(13)7(4-6(5)10)12(2)9(11)14/h3-4,10H,1-2H3,(H2,11,14). The Bertz CT molecular complexity index is 380. The van der Waals surface area contributed by atoms with E-state index >= 15 is 0 Å². The van der Waals surface area contributed by atoms with Crippen molar-refractivity contribution < 1.29 is 9.59 Å². The van der Waals surface area contributed by atoms with Gasteiger partial charge in [-0.25, -0.2) is 4.79 Å². The summed E-state index contributed by atoms with van der Waals surface area (Å²) in [5.41, 5.74) is 5.94. The normalized spacial score (nSPS) is 16.1. The molecule has 0 aromatic heterocycles. The molecule has 0 radical (unpaired) electrons. The average Bonchev–Trinajstić information content (AvgIpc) is 2.10. The maximum Gasteiger partial charge on any atom is 0.319 e. The van der Waals surface area contributed by atoms with Gasteiger partial charge in [0.2, 0.25) is 5.78 Å². The maximum absolute atomic E-state index is 11.4. The van der Waals surface area contributed by atoms with E-state index in [1.807, 2.05) is 0 Å². The molecule has 3 N–H and O–H groups in total. The first-order chi connectivity index (χ1) is 6.43. The SMILES string of the molecule is CC1=CC(=O)C(N(C)C(N)=O)=CC1=N. The number of nitrogens with one attached hydrogen (secondary N) is 1. The molecule has 0 fully saturated rings. The summed E-state index contributed by atoms with van der Waals surface area (Å²) >= 11 is 0. The largest absolute Gasteiger partial charge is 0.351 e. The van der Waals surface area contributed by atoms with Gasteiger partial charge in [0.1, 0.15) is 0 Å². The van der Waals surface area contributed by atoms with E-state index in [0.717, 1.165) is 4.90 Å². The fraction of sp³-hybridized carbons (Fsp3) is 0.222. The van der Waals surface area contributed by atoms with E-state index in [2.05, 4.69) is 0 Å². The van der Waals surface area contributed by atoms with Gasteiger partial charge in [0.05, 0.1) is 11.4 Å². The zero-order valence-corrected chi connectivity index (χ0v) is 8.00. The highest BCUT2D eigenvalue weighted by atomic mass is 16.2. The van der Waals surface area contributed by atoms with Crippen LogP contribution in [0, 0.1) is 5.41 Å². The van der Waals surface area contributed by atoms with E-state index in [0.29, 0.717) is 5.57 Å². The number of primary amides is 1. The van der Waals surface area contributed by atoms with Crippen molar-refractivity contribution >= 4 is 17.5 Å². The number of nitrogens with two attached hydrogens (primary N) is 1. The van der Waals surface area contributed by atoms with Gasteiger partial charge in [0.25, 0.3) is 0 Å². The van der Waals surface area contributed by atoms with Crippen LogP contribution in [0.15, 0.2) is 23.4 Å². The summed E-state index contributed by atoms with van der Waals surface area (Å²) in [6.07, 6.45) is 2.65. The van der Waals surface area contributed by atoms with Crippen LogP contribution in [-0.4, -0.2) is 29.5 Å². The van der Waals surface area contributed by atoms with E-state index < -0.39 is 6.03 Å². The van der Waals surface area contributed by atoms with Crippen molar-refractivity contribution in [2.45, 2.75) is 6.92 Å². The maximum atomic E-state index is 11.4. The Morgan fingerprint density at radius 3 is 2.57 bits per heavy atom. The van der Waals surface area contributed by atoms with Crippen molar-refractivity contribution in [2.24, 2.45) is 5.73 Å². The Hall–Kier alpha value is -1.91. The first kappa shape index (κ1) is 10.2. The van der Waals surface area contributed by atoms with Crippen LogP contribution in [0.2, 0.25) is 0 Å². The van der Waals surface area contributed by atoms with Crippen LogP contribution < -0.4 is 5.73 Å². The topological polar surface area (TPSA) is 87.2 Å². The summed E-state index contributed by atoms with van der Waals surface area (Å²) in [5, 5.41) is 7.47. The average molecular weight is 193 g/mol. The van der Waals surface area contributed by atoms with Gasteiger partial charge < -0.3 is 11.1 Å². The van der Waals surface area contributed by atoms with Gasteiger partial charge in [0, 0.05) is 7.05 Å². The van der Waals surface area contributed by atoms with Gasteiger partial charge in [-0.3, -0.25) is 9.69 Å². The molecule has 74 valence electrons. The minimum Gasteiger partial charge on any atom is -0.351 e. The molecule has 0 heterocycles. The number of urea groups is 1. The van der Waals surface area contributed by atoms with Crippen LogP contribution in [0.5, 0.6) is 0 Å². The summed E-state index contributed by atoms with van der Waals surface area (Å²) in [4.78, 5) is 23.2. The molecule has 0 atom stereocenters. The van der Waals surface area contributed by atoms with Crippen molar-refractivity contribution in [3.8, 4) is 0 Å². The molecule has 0 unspecified atom stereocenters. The van der Waals surface area contributed by atoms with Crippen molar-refractivity contribution in [1.82, 2.24) is 4.90 Å². The third-order valence-electron chi connectivity index (χ3n) is 2.00. The van der Waals surface area contributed by atoms with E-state index in [1.165, 1.54) is 19.2 Å². The Morgan fingerprint density at radius 1 is 1.50 bits per heavy atom. The minimum absolute atomic E-state index is 0.133. The molecule has 1 rings (SSSR count). The summed E-state index contributed by atoms with van der Waals surface area (Å²) in [5.74, 6) is -0.306. The zero-order valence-electron chi connectivity index (χ0n) is 8.00. The lowest BCUT2D eigenvalue weighted by atomic mass is 10.0. The molecule has 14 heavy (non-hydrogen) atoms. The summed E-state index contributed by atoms with van der Waals surface area (Å²) in [6, 6.07) is -0.717. The molecule has 1 aliphatic carbocycles. The quantitative estimate of drug-likeness (QED) is 0.591. The van der Waals surface area contributed by atoms with E-state index in [9.17, 15) is 9.59 Å². The van der Waals surface area contributed by atoms with Gasteiger partial charge in [0.15, 0.2) is 0 Å². The number of hydrogen-bond acceptors (Lipinski definition) is 3. The molecule has 2 amide bonds. The van der Waals surface area contributed by atoms with Crippen molar-refractivity contribution in [1.29, 1.82) is 5.41 Å². The fourth-order valence-electron chi connectivity index (χ4n) is 1.05. The molecule has 1 aliphatic rings. The Kier molecular flexibility index (Phi) is 2.51. The van der Waals surface area contributed by atoms with Crippen LogP contribution in [0.1, 0.15) is 6.92 Å². The molecule has 0 bridgehead atoms. The smallest absolute Gasteiger partial charge is 0.319 e. The van der Waals surface area contributed by atoms with Gasteiger partial charge in [-0.2, -0.15) is 0 Å². The van der Waals surface area contributed by atoms with Gasteiger partial charge in [-0.15, -0.1) is 0 Å². The lowest BCUT2D eigenvalue weighted by Crippen LogP contribution is -2.35. The number of allylic oxidation sites excluding steroid dienone is 3. The Labute approximate surface area is 81.4 Å². The highest BCUT2D eigenvalue weighted by Gasteiger charge is 2.20. The lowest BCUT2D eigenvalue weighted by molar-refractivity contribution is -0.112. The van der Waals surface area contributed by atoms with Crippen LogP contribution in [0.25, 0.3) is 0 Å². The number of rotatable bonds is 1. The van der Waals surface area contributed by atoms with Gasteiger partial charge in [-0.05, 0) is 24.6 Å². The molecule has 0 saturated heterocycles. The second-order valence-corrected chi connectivity index (χ2v) is 3.03. The number of carbonyl (C=O) groups excluding carboxylic acids is 2. The number of ketones is 1. The van der Waals surface area contributed by atoms with Crippen molar-refractivity contribution in [3.63, 3.8) is 0 Å².